The summed E-state index contributed by atoms with van der Waals surface area (Å²) in [5.41, 5.74) is 9.76. The number of piperazine rings is 1. The Hall–Kier alpha value is -2.83. The zero-order valence-electron chi connectivity index (χ0n) is 17.7. The molecule has 0 atom stereocenters. The smallest absolute Gasteiger partial charge is 0.239 e. The zero-order valence-corrected chi connectivity index (χ0v) is 18.5. The Morgan fingerprint density at radius 1 is 0.867 bits per heavy atom. The van der Waals surface area contributed by atoms with Crippen molar-refractivity contribution >= 4 is 40.6 Å². The molecule has 3 aromatic rings. The van der Waals surface area contributed by atoms with Crippen LogP contribution in [-0.4, -0.2) is 50.2 Å². The van der Waals surface area contributed by atoms with Gasteiger partial charge >= 0.3 is 0 Å². The van der Waals surface area contributed by atoms with Gasteiger partial charge in [0.25, 0.3) is 0 Å². The van der Waals surface area contributed by atoms with Crippen LogP contribution in [0.4, 0.5) is 29.0 Å². The van der Waals surface area contributed by atoms with Crippen molar-refractivity contribution < 1.29 is 0 Å². The van der Waals surface area contributed by atoms with E-state index in [1.807, 2.05) is 18.2 Å². The van der Waals surface area contributed by atoms with E-state index in [1.54, 1.807) is 0 Å². The van der Waals surface area contributed by atoms with Crippen LogP contribution >= 0.6 is 11.6 Å². The van der Waals surface area contributed by atoms with E-state index in [0.29, 0.717) is 16.2 Å². The molecule has 2 aromatic carbocycles. The highest BCUT2D eigenvalue weighted by Gasteiger charge is 2.28. The van der Waals surface area contributed by atoms with E-state index in [2.05, 4.69) is 72.2 Å². The van der Waals surface area contributed by atoms with Crippen molar-refractivity contribution in [3.8, 4) is 0 Å². The second kappa shape index (κ2) is 8.13. The summed E-state index contributed by atoms with van der Waals surface area (Å²) in [6, 6.07) is 18.4. The highest BCUT2D eigenvalue weighted by molar-refractivity contribution is 6.30. The van der Waals surface area contributed by atoms with Crippen LogP contribution in [0, 0.1) is 6.92 Å². The molecular formula is C23H28ClN6+. The number of nitrogens with zero attached hydrogens (tertiary/aromatic N) is 5. The molecule has 0 radical (unpaired) electrons. The number of hydrogen-bond donors (Lipinski definition) is 1. The molecule has 1 aliphatic heterocycles. The first-order chi connectivity index (χ1) is 14.3. The summed E-state index contributed by atoms with van der Waals surface area (Å²) in [6.45, 7) is 5.55. The molecule has 2 N–H and O–H groups in total. The second-order valence-corrected chi connectivity index (χ2v) is 8.63. The number of nitrogen functional groups attached to an aromatic ring is 1. The molecule has 1 saturated heterocycles. The topological polar surface area (TPSA) is 58.3 Å². The highest BCUT2D eigenvalue weighted by Crippen LogP contribution is 2.31. The van der Waals surface area contributed by atoms with Crippen LogP contribution in [0.2, 0.25) is 5.02 Å². The first kappa shape index (κ1) is 20.4. The lowest BCUT2D eigenvalue weighted by Gasteiger charge is -2.36. The molecule has 0 saturated carbocycles. The summed E-state index contributed by atoms with van der Waals surface area (Å²) in [6.07, 6.45) is 0. The maximum Gasteiger partial charge on any atom is 0.239 e. The lowest BCUT2D eigenvalue weighted by molar-refractivity contribution is 0.536. The predicted octanol–water partition coefficient (Wildman–Crippen LogP) is 4.25. The minimum absolute atomic E-state index is 0.494. The van der Waals surface area contributed by atoms with Crippen molar-refractivity contribution in [2.45, 2.75) is 6.92 Å². The molecule has 0 bridgehead atoms. The van der Waals surface area contributed by atoms with Crippen molar-refractivity contribution in [1.29, 1.82) is 0 Å². The molecule has 0 spiro atoms. The minimum Gasteiger partial charge on any atom is -0.383 e. The molecule has 4 rings (SSSR count). The van der Waals surface area contributed by atoms with Crippen molar-refractivity contribution in [2.75, 3.05) is 55.8 Å². The molecule has 2 heterocycles. The van der Waals surface area contributed by atoms with E-state index in [1.165, 1.54) is 11.3 Å². The third kappa shape index (κ3) is 4.20. The van der Waals surface area contributed by atoms with Gasteiger partial charge in [-0.1, -0.05) is 29.3 Å². The molecule has 30 heavy (non-hydrogen) atoms. The van der Waals surface area contributed by atoms with E-state index in [0.717, 1.165) is 42.7 Å². The van der Waals surface area contributed by atoms with E-state index in [-0.39, 0.29) is 0 Å². The van der Waals surface area contributed by atoms with Gasteiger partial charge in [0.15, 0.2) is 0 Å². The average Bonchev–Trinajstić information content (AvgIpc) is 2.74. The maximum atomic E-state index is 6.19. The average molecular weight is 424 g/mol. The summed E-state index contributed by atoms with van der Waals surface area (Å²) in [4.78, 5) is 14.0. The Labute approximate surface area is 183 Å². The Morgan fingerprint density at radius 3 is 2.10 bits per heavy atom. The molecule has 0 aliphatic carbocycles. The minimum atomic E-state index is 0.494. The van der Waals surface area contributed by atoms with E-state index < -0.39 is 0 Å². The number of hydrogen-bond acceptors (Lipinski definition) is 5. The molecule has 6 nitrogen and oxygen atoms in total. The second-order valence-electron chi connectivity index (χ2n) is 8.19. The van der Waals surface area contributed by atoms with Gasteiger partial charge in [0, 0.05) is 36.9 Å². The molecule has 156 valence electrons. The van der Waals surface area contributed by atoms with E-state index in [9.17, 15) is 0 Å². The largest absolute Gasteiger partial charge is 0.383 e. The molecule has 1 aromatic heterocycles. The monoisotopic (exact) mass is 423 g/mol. The number of anilines is 3. The number of halogens is 1. The SMILES string of the molecule is Cc1ccc([N+](C)(C)c2cc(N)nc(N3CCN(c4ccc(Cl)cc4)CC3)n2)cc1. The summed E-state index contributed by atoms with van der Waals surface area (Å²) in [5, 5.41) is 0.757. The fraction of sp³-hybridized carbons (Fsp3) is 0.304. The van der Waals surface area contributed by atoms with Crippen molar-refractivity contribution in [3.05, 3.63) is 65.2 Å². The normalized spacial score (nSPS) is 14.8. The fourth-order valence-corrected chi connectivity index (χ4v) is 3.86. The summed E-state index contributed by atoms with van der Waals surface area (Å²) in [5.74, 6) is 2.06. The van der Waals surface area contributed by atoms with Crippen molar-refractivity contribution in [2.24, 2.45) is 0 Å². The van der Waals surface area contributed by atoms with Crippen LogP contribution < -0.4 is 20.0 Å². The third-order valence-electron chi connectivity index (χ3n) is 5.73. The van der Waals surface area contributed by atoms with Gasteiger partial charge < -0.3 is 15.5 Å². The Bertz CT molecular complexity index is 1010. The predicted molar refractivity (Wildman–Crippen MR) is 127 cm³/mol. The zero-order chi connectivity index (χ0) is 21.3. The van der Waals surface area contributed by atoms with Crippen LogP contribution in [0.25, 0.3) is 0 Å². The van der Waals surface area contributed by atoms with Crippen LogP contribution in [0.3, 0.4) is 0 Å². The highest BCUT2D eigenvalue weighted by atomic mass is 35.5. The van der Waals surface area contributed by atoms with Crippen LogP contribution in [0.5, 0.6) is 0 Å². The number of aryl methyl sites for hydroxylation is 1. The third-order valence-corrected chi connectivity index (χ3v) is 5.98. The number of aromatic nitrogens is 2. The molecule has 0 amide bonds. The van der Waals surface area contributed by atoms with Crippen LogP contribution in [-0.2, 0) is 0 Å². The number of quaternary nitrogens is 1. The molecule has 0 unspecified atom stereocenters. The Kier molecular flexibility index (Phi) is 5.54. The summed E-state index contributed by atoms with van der Waals surface area (Å²) < 4.78 is 0.505. The van der Waals surface area contributed by atoms with Gasteiger partial charge in [-0.2, -0.15) is 9.97 Å². The first-order valence-corrected chi connectivity index (χ1v) is 10.5. The van der Waals surface area contributed by atoms with Gasteiger partial charge in [-0.15, -0.1) is 0 Å². The lowest BCUT2D eigenvalue weighted by atomic mass is 10.2. The lowest BCUT2D eigenvalue weighted by Crippen LogP contribution is -2.47. The maximum absolute atomic E-state index is 6.19. The van der Waals surface area contributed by atoms with Gasteiger partial charge in [-0.3, -0.25) is 0 Å². The number of rotatable bonds is 4. The molecular weight excluding hydrogens is 396 g/mol. The molecule has 7 heteroatoms. The summed E-state index contributed by atoms with van der Waals surface area (Å²) in [7, 11) is 4.24. The first-order valence-electron chi connectivity index (χ1n) is 10.1. The quantitative estimate of drug-likeness (QED) is 0.636. The molecule has 1 fully saturated rings. The Balaban J connectivity index is 1.54. The van der Waals surface area contributed by atoms with E-state index in [4.69, 9.17) is 22.3 Å². The standard InChI is InChI=1S/C23H28ClN6/c1-17-4-10-20(11-5-17)30(2,3)22-16-21(25)26-23(27-22)29-14-12-28(13-15-29)19-8-6-18(24)7-9-19/h4-11,16H,12-15H2,1-3H3,(H2,25,26,27)/q+1. The summed E-state index contributed by atoms with van der Waals surface area (Å²) >= 11 is 6.02. The Morgan fingerprint density at radius 2 is 1.47 bits per heavy atom. The van der Waals surface area contributed by atoms with Crippen LogP contribution in [0.15, 0.2) is 54.6 Å². The number of benzene rings is 2. The van der Waals surface area contributed by atoms with Gasteiger partial charge in [0.05, 0.1) is 20.2 Å². The van der Waals surface area contributed by atoms with Gasteiger partial charge in [-0.05, 0) is 43.3 Å². The van der Waals surface area contributed by atoms with Gasteiger partial charge in [0.2, 0.25) is 11.8 Å². The van der Waals surface area contributed by atoms with Gasteiger partial charge in [-0.25, -0.2) is 4.48 Å². The number of nitrogens with two attached hydrogens (primary N) is 1. The van der Waals surface area contributed by atoms with Crippen molar-refractivity contribution in [3.63, 3.8) is 0 Å². The van der Waals surface area contributed by atoms with E-state index >= 15 is 0 Å². The van der Waals surface area contributed by atoms with Crippen LogP contribution in [0.1, 0.15) is 5.56 Å². The van der Waals surface area contributed by atoms with Crippen molar-refractivity contribution in [1.82, 2.24) is 14.5 Å². The molecule has 1 aliphatic rings. The van der Waals surface area contributed by atoms with Gasteiger partial charge in [0.1, 0.15) is 11.5 Å². The fourth-order valence-electron chi connectivity index (χ4n) is 3.73.